The number of hydrogen-bond donors (Lipinski definition) is 0. The Kier molecular flexibility index (Phi) is 8.02. The van der Waals surface area contributed by atoms with Gasteiger partial charge in [-0.25, -0.2) is 0 Å². The standard InChI is InChI=1S/C21H28N2O/c1-3-5-6-7-8-9-18-10-12-19(13-11-18)22-23-20-14-16-21(17-15-20)24-4-2/h10-17H,3-9H2,1-2H3. The lowest BCUT2D eigenvalue weighted by Gasteiger charge is -2.02. The predicted octanol–water partition coefficient (Wildman–Crippen LogP) is 7.01. The highest BCUT2D eigenvalue weighted by Crippen LogP contribution is 2.22. The van der Waals surface area contributed by atoms with E-state index in [0.717, 1.165) is 23.5 Å². The van der Waals surface area contributed by atoms with Crippen LogP contribution in [0.3, 0.4) is 0 Å². The van der Waals surface area contributed by atoms with E-state index in [4.69, 9.17) is 4.74 Å². The summed E-state index contributed by atoms with van der Waals surface area (Å²) in [4.78, 5) is 0. The maximum atomic E-state index is 5.42. The zero-order valence-corrected chi connectivity index (χ0v) is 14.9. The van der Waals surface area contributed by atoms with Gasteiger partial charge in [-0.1, -0.05) is 44.7 Å². The highest BCUT2D eigenvalue weighted by Gasteiger charge is 1.96. The summed E-state index contributed by atoms with van der Waals surface area (Å²) in [5.41, 5.74) is 3.10. The van der Waals surface area contributed by atoms with Crippen molar-refractivity contribution < 1.29 is 4.74 Å². The summed E-state index contributed by atoms with van der Waals surface area (Å²) in [5.74, 6) is 0.861. The lowest BCUT2D eigenvalue weighted by molar-refractivity contribution is 0.340. The molecule has 3 nitrogen and oxygen atoms in total. The quantitative estimate of drug-likeness (QED) is 0.342. The molecule has 0 aromatic heterocycles. The summed E-state index contributed by atoms with van der Waals surface area (Å²) in [6.45, 7) is 4.90. The summed E-state index contributed by atoms with van der Waals surface area (Å²) in [5, 5.41) is 8.57. The average molecular weight is 324 g/mol. The Morgan fingerprint density at radius 1 is 0.708 bits per heavy atom. The molecule has 0 spiro atoms. The molecular formula is C21H28N2O. The molecule has 0 heterocycles. The molecule has 0 aliphatic rings. The summed E-state index contributed by atoms with van der Waals surface area (Å²) in [7, 11) is 0. The van der Waals surface area contributed by atoms with Gasteiger partial charge in [0.15, 0.2) is 0 Å². The van der Waals surface area contributed by atoms with Crippen molar-refractivity contribution in [3.05, 3.63) is 54.1 Å². The molecule has 0 unspecified atom stereocenters. The van der Waals surface area contributed by atoms with Crippen LogP contribution in [0, 0.1) is 0 Å². The molecule has 0 saturated carbocycles. The highest BCUT2D eigenvalue weighted by molar-refractivity contribution is 5.43. The normalized spacial score (nSPS) is 11.1. The van der Waals surface area contributed by atoms with Crippen molar-refractivity contribution in [3.8, 4) is 5.75 Å². The number of azo groups is 1. The third-order valence-corrected chi connectivity index (χ3v) is 3.93. The van der Waals surface area contributed by atoms with E-state index in [0.29, 0.717) is 6.61 Å². The molecular weight excluding hydrogens is 296 g/mol. The Hall–Kier alpha value is -2.16. The van der Waals surface area contributed by atoms with Crippen LogP contribution in [-0.2, 0) is 6.42 Å². The average Bonchev–Trinajstić information content (AvgIpc) is 2.62. The van der Waals surface area contributed by atoms with E-state index in [1.807, 2.05) is 43.3 Å². The van der Waals surface area contributed by atoms with Crippen molar-refractivity contribution in [2.45, 2.75) is 52.4 Å². The van der Waals surface area contributed by atoms with Crippen LogP contribution in [0.2, 0.25) is 0 Å². The Morgan fingerprint density at radius 3 is 1.88 bits per heavy atom. The van der Waals surface area contributed by atoms with Crippen LogP contribution >= 0.6 is 0 Å². The van der Waals surface area contributed by atoms with Crippen LogP contribution in [0.15, 0.2) is 58.8 Å². The second kappa shape index (κ2) is 10.6. The van der Waals surface area contributed by atoms with E-state index in [1.54, 1.807) is 0 Å². The first-order valence-corrected chi connectivity index (χ1v) is 9.05. The van der Waals surface area contributed by atoms with Crippen molar-refractivity contribution in [2.24, 2.45) is 10.2 Å². The number of unbranched alkanes of at least 4 members (excludes halogenated alkanes) is 4. The predicted molar refractivity (Wildman–Crippen MR) is 101 cm³/mol. The fourth-order valence-electron chi connectivity index (χ4n) is 2.55. The van der Waals surface area contributed by atoms with Crippen molar-refractivity contribution >= 4 is 11.4 Å². The molecule has 0 aliphatic heterocycles. The number of hydrogen-bond acceptors (Lipinski definition) is 3. The Balaban J connectivity index is 1.82. The van der Waals surface area contributed by atoms with E-state index in [9.17, 15) is 0 Å². The maximum absolute atomic E-state index is 5.42. The second-order valence-corrected chi connectivity index (χ2v) is 5.96. The molecule has 0 radical (unpaired) electrons. The summed E-state index contributed by atoms with van der Waals surface area (Å²) in [6.07, 6.45) is 7.75. The van der Waals surface area contributed by atoms with Crippen LogP contribution in [0.25, 0.3) is 0 Å². The fraction of sp³-hybridized carbons (Fsp3) is 0.429. The molecule has 0 aliphatic carbocycles. The van der Waals surface area contributed by atoms with Crippen molar-refractivity contribution in [1.29, 1.82) is 0 Å². The number of ether oxygens (including phenoxy) is 1. The molecule has 128 valence electrons. The molecule has 2 aromatic carbocycles. The van der Waals surface area contributed by atoms with Crippen LogP contribution < -0.4 is 4.74 Å². The van der Waals surface area contributed by atoms with Gasteiger partial charge in [-0.05, 0) is 61.7 Å². The topological polar surface area (TPSA) is 34.0 Å². The Labute approximate surface area is 145 Å². The first kappa shape index (κ1) is 18.2. The second-order valence-electron chi connectivity index (χ2n) is 5.96. The molecule has 0 N–H and O–H groups in total. The maximum Gasteiger partial charge on any atom is 0.119 e. The zero-order valence-electron chi connectivity index (χ0n) is 14.9. The fourth-order valence-corrected chi connectivity index (χ4v) is 2.55. The van der Waals surface area contributed by atoms with Gasteiger partial charge in [-0.15, -0.1) is 0 Å². The third kappa shape index (κ3) is 6.53. The zero-order chi connectivity index (χ0) is 17.0. The molecule has 2 aromatic rings. The summed E-state index contributed by atoms with van der Waals surface area (Å²) >= 11 is 0. The van der Waals surface area contributed by atoms with Gasteiger partial charge in [0.2, 0.25) is 0 Å². The molecule has 2 rings (SSSR count). The van der Waals surface area contributed by atoms with E-state index in [2.05, 4.69) is 29.3 Å². The van der Waals surface area contributed by atoms with Gasteiger partial charge >= 0.3 is 0 Å². The molecule has 3 heteroatoms. The molecule has 0 fully saturated rings. The minimum atomic E-state index is 0.672. The third-order valence-electron chi connectivity index (χ3n) is 3.93. The molecule has 0 saturated heterocycles. The minimum Gasteiger partial charge on any atom is -0.494 e. The van der Waals surface area contributed by atoms with Gasteiger partial charge in [-0.2, -0.15) is 10.2 Å². The molecule has 0 atom stereocenters. The van der Waals surface area contributed by atoms with Gasteiger partial charge in [0.25, 0.3) is 0 Å². The van der Waals surface area contributed by atoms with Crippen LogP contribution in [0.5, 0.6) is 5.75 Å². The van der Waals surface area contributed by atoms with Gasteiger partial charge in [0.05, 0.1) is 18.0 Å². The largest absolute Gasteiger partial charge is 0.494 e. The van der Waals surface area contributed by atoms with Crippen molar-refractivity contribution in [1.82, 2.24) is 0 Å². The first-order valence-electron chi connectivity index (χ1n) is 9.05. The summed E-state index contributed by atoms with van der Waals surface area (Å²) in [6, 6.07) is 16.1. The number of aryl methyl sites for hydroxylation is 1. The number of benzene rings is 2. The van der Waals surface area contributed by atoms with Crippen molar-refractivity contribution in [3.63, 3.8) is 0 Å². The van der Waals surface area contributed by atoms with E-state index < -0.39 is 0 Å². The monoisotopic (exact) mass is 324 g/mol. The smallest absolute Gasteiger partial charge is 0.119 e. The lowest BCUT2D eigenvalue weighted by atomic mass is 10.1. The van der Waals surface area contributed by atoms with Crippen LogP contribution in [-0.4, -0.2) is 6.61 Å². The molecule has 24 heavy (non-hydrogen) atoms. The Morgan fingerprint density at radius 2 is 1.29 bits per heavy atom. The highest BCUT2D eigenvalue weighted by atomic mass is 16.5. The van der Waals surface area contributed by atoms with Gasteiger partial charge in [-0.3, -0.25) is 0 Å². The van der Waals surface area contributed by atoms with E-state index >= 15 is 0 Å². The number of rotatable bonds is 10. The van der Waals surface area contributed by atoms with Gasteiger partial charge in [0, 0.05) is 0 Å². The van der Waals surface area contributed by atoms with E-state index in [1.165, 1.54) is 37.7 Å². The van der Waals surface area contributed by atoms with Crippen LogP contribution in [0.1, 0.15) is 51.5 Å². The van der Waals surface area contributed by atoms with Gasteiger partial charge < -0.3 is 4.74 Å². The minimum absolute atomic E-state index is 0.672. The SMILES string of the molecule is CCCCCCCc1ccc(N=Nc2ccc(OCC)cc2)cc1. The lowest BCUT2D eigenvalue weighted by Crippen LogP contribution is -1.89. The van der Waals surface area contributed by atoms with Gasteiger partial charge in [0.1, 0.15) is 5.75 Å². The molecule has 0 amide bonds. The molecule has 0 bridgehead atoms. The van der Waals surface area contributed by atoms with E-state index in [-0.39, 0.29) is 0 Å². The first-order chi connectivity index (χ1) is 11.8. The number of nitrogens with zero attached hydrogens (tertiary/aromatic N) is 2. The van der Waals surface area contributed by atoms with Crippen LogP contribution in [0.4, 0.5) is 11.4 Å². The summed E-state index contributed by atoms with van der Waals surface area (Å²) < 4.78 is 5.42. The Bertz CT molecular complexity index is 603. The van der Waals surface area contributed by atoms with Crippen molar-refractivity contribution in [2.75, 3.05) is 6.61 Å².